The first kappa shape index (κ1) is 16.3. The number of carbonyl (C=O) groups excluding carboxylic acids is 1. The van der Waals surface area contributed by atoms with E-state index in [4.69, 9.17) is 9.47 Å². The second-order valence-corrected chi connectivity index (χ2v) is 4.64. The fourth-order valence-corrected chi connectivity index (χ4v) is 1.78. The van der Waals surface area contributed by atoms with Gasteiger partial charge in [0.2, 0.25) is 0 Å². The zero-order valence-electron chi connectivity index (χ0n) is 12.8. The predicted octanol–water partition coefficient (Wildman–Crippen LogP) is 4.22. The second-order valence-electron chi connectivity index (χ2n) is 4.64. The van der Waals surface area contributed by atoms with E-state index in [1.54, 1.807) is 13.0 Å². The number of ether oxygens (including phenoxy) is 2. The van der Waals surface area contributed by atoms with Crippen molar-refractivity contribution in [2.24, 2.45) is 0 Å². The van der Waals surface area contributed by atoms with Crippen molar-refractivity contribution < 1.29 is 14.3 Å². The summed E-state index contributed by atoms with van der Waals surface area (Å²) in [4.78, 5) is 11.5. The van der Waals surface area contributed by atoms with Gasteiger partial charge in [0, 0.05) is 6.08 Å². The Morgan fingerprint density at radius 3 is 2.35 bits per heavy atom. The highest BCUT2D eigenvalue weighted by Gasteiger charge is 2.05. The van der Waals surface area contributed by atoms with Crippen LogP contribution in [-0.4, -0.2) is 18.7 Å². The van der Waals surface area contributed by atoms with E-state index in [1.807, 2.05) is 38.1 Å². The lowest BCUT2D eigenvalue weighted by atomic mass is 10.0. The first-order valence-corrected chi connectivity index (χ1v) is 7.25. The average molecular weight is 276 g/mol. The highest BCUT2D eigenvalue weighted by Crippen LogP contribution is 2.22. The van der Waals surface area contributed by atoms with E-state index in [0.29, 0.717) is 6.61 Å². The first-order valence-electron chi connectivity index (χ1n) is 7.25. The van der Waals surface area contributed by atoms with E-state index < -0.39 is 0 Å². The summed E-state index contributed by atoms with van der Waals surface area (Å²) in [6.45, 7) is 8.36. The van der Waals surface area contributed by atoms with Gasteiger partial charge in [-0.1, -0.05) is 26.0 Å². The minimum atomic E-state index is -0.288. The Labute approximate surface area is 121 Å². The molecule has 0 fully saturated rings. The topological polar surface area (TPSA) is 35.5 Å². The summed E-state index contributed by atoms with van der Waals surface area (Å²) in [5.74, 6) is 0.568. The summed E-state index contributed by atoms with van der Waals surface area (Å²) in [6.07, 6.45) is 3.53. The maximum Gasteiger partial charge on any atom is 0.331 e. The maximum atomic E-state index is 11.5. The zero-order chi connectivity index (χ0) is 15.0. The van der Waals surface area contributed by atoms with Crippen LogP contribution in [0.25, 0.3) is 5.57 Å². The van der Waals surface area contributed by atoms with Crippen molar-refractivity contribution in [3.8, 4) is 5.75 Å². The number of benzene rings is 1. The Hall–Kier alpha value is -1.77. The van der Waals surface area contributed by atoms with Crippen LogP contribution < -0.4 is 4.74 Å². The van der Waals surface area contributed by atoms with Gasteiger partial charge in [0.25, 0.3) is 0 Å². The van der Waals surface area contributed by atoms with Gasteiger partial charge in [-0.3, -0.25) is 0 Å². The van der Waals surface area contributed by atoms with Crippen LogP contribution in [0.3, 0.4) is 0 Å². The maximum absolute atomic E-state index is 11.5. The Bertz CT molecular complexity index is 446. The molecule has 0 N–H and O–H groups in total. The molecule has 1 unspecified atom stereocenters. The molecule has 0 saturated carbocycles. The van der Waals surface area contributed by atoms with E-state index >= 15 is 0 Å². The second kappa shape index (κ2) is 8.41. The lowest BCUT2D eigenvalue weighted by Gasteiger charge is -2.13. The van der Waals surface area contributed by atoms with Gasteiger partial charge in [-0.25, -0.2) is 4.79 Å². The molecular weight excluding hydrogens is 252 g/mol. The molecule has 3 nitrogen and oxygen atoms in total. The molecule has 0 heterocycles. The molecule has 0 amide bonds. The predicted molar refractivity (Wildman–Crippen MR) is 81.7 cm³/mol. The summed E-state index contributed by atoms with van der Waals surface area (Å²) in [5, 5.41) is 0. The third-order valence-electron chi connectivity index (χ3n) is 3.10. The lowest BCUT2D eigenvalue weighted by molar-refractivity contribution is -0.137. The molecule has 0 aliphatic rings. The third kappa shape index (κ3) is 5.08. The van der Waals surface area contributed by atoms with Crippen LogP contribution in [0, 0.1) is 0 Å². The van der Waals surface area contributed by atoms with E-state index in [9.17, 15) is 4.79 Å². The van der Waals surface area contributed by atoms with Crippen LogP contribution in [0.5, 0.6) is 5.75 Å². The number of hydrogen-bond donors (Lipinski definition) is 0. The van der Waals surface area contributed by atoms with Crippen molar-refractivity contribution in [3.05, 3.63) is 35.9 Å². The van der Waals surface area contributed by atoms with E-state index in [-0.39, 0.29) is 12.1 Å². The highest BCUT2D eigenvalue weighted by atomic mass is 16.5. The van der Waals surface area contributed by atoms with Gasteiger partial charge in [0.1, 0.15) is 5.75 Å². The summed E-state index contributed by atoms with van der Waals surface area (Å²) < 4.78 is 10.7. The molecule has 0 spiro atoms. The molecule has 0 saturated heterocycles. The average Bonchev–Trinajstić information content (AvgIpc) is 2.46. The molecule has 0 radical (unpaired) electrons. The van der Waals surface area contributed by atoms with Crippen molar-refractivity contribution in [2.75, 3.05) is 6.61 Å². The number of rotatable bonds is 7. The normalized spacial score (nSPS) is 12.9. The van der Waals surface area contributed by atoms with Crippen molar-refractivity contribution in [2.45, 2.75) is 46.6 Å². The van der Waals surface area contributed by atoms with Gasteiger partial charge in [0.05, 0.1) is 12.7 Å². The molecule has 0 aliphatic carbocycles. The van der Waals surface area contributed by atoms with Crippen molar-refractivity contribution >= 4 is 11.5 Å². The first-order chi connectivity index (χ1) is 9.60. The molecule has 20 heavy (non-hydrogen) atoms. The van der Waals surface area contributed by atoms with E-state index in [1.165, 1.54) is 0 Å². The number of hydrogen-bond acceptors (Lipinski definition) is 3. The van der Waals surface area contributed by atoms with Crippen LogP contribution in [0.1, 0.15) is 46.1 Å². The highest BCUT2D eigenvalue weighted by molar-refractivity contribution is 5.91. The molecule has 1 aromatic carbocycles. The Kier molecular flexibility index (Phi) is 6.85. The summed E-state index contributed by atoms with van der Waals surface area (Å²) in [7, 11) is 0. The molecule has 1 rings (SSSR count). The monoisotopic (exact) mass is 276 g/mol. The van der Waals surface area contributed by atoms with Crippen molar-refractivity contribution in [1.29, 1.82) is 0 Å². The molecule has 3 heteroatoms. The van der Waals surface area contributed by atoms with Crippen LogP contribution in [0.2, 0.25) is 0 Å². The van der Waals surface area contributed by atoms with Gasteiger partial charge in [0.15, 0.2) is 0 Å². The smallest absolute Gasteiger partial charge is 0.331 e. The van der Waals surface area contributed by atoms with E-state index in [2.05, 4.69) is 6.92 Å². The zero-order valence-corrected chi connectivity index (χ0v) is 12.8. The number of carbonyl (C=O) groups is 1. The van der Waals surface area contributed by atoms with Crippen molar-refractivity contribution in [1.82, 2.24) is 0 Å². The number of esters is 1. The molecule has 0 aliphatic heterocycles. The van der Waals surface area contributed by atoms with Gasteiger partial charge in [-0.2, -0.15) is 0 Å². The fraction of sp³-hybridized carbons (Fsp3) is 0.471. The van der Waals surface area contributed by atoms with Gasteiger partial charge in [-0.05, 0) is 50.0 Å². The Balaban J connectivity index is 2.82. The SMILES string of the molecule is CCOC(=O)C=C(CC)c1ccc(OC(C)CC)cc1. The van der Waals surface area contributed by atoms with Crippen LogP contribution >= 0.6 is 0 Å². The molecule has 0 aromatic heterocycles. The molecule has 0 bridgehead atoms. The summed E-state index contributed by atoms with van der Waals surface area (Å²) in [6, 6.07) is 7.84. The summed E-state index contributed by atoms with van der Waals surface area (Å²) in [5.41, 5.74) is 2.00. The number of allylic oxidation sites excluding steroid dienone is 1. The minimum absolute atomic E-state index is 0.210. The van der Waals surface area contributed by atoms with E-state index in [0.717, 1.165) is 29.7 Å². The Morgan fingerprint density at radius 1 is 1.20 bits per heavy atom. The molecule has 110 valence electrons. The van der Waals surface area contributed by atoms with Crippen molar-refractivity contribution in [3.63, 3.8) is 0 Å². The van der Waals surface area contributed by atoms with Gasteiger partial charge >= 0.3 is 5.97 Å². The quantitative estimate of drug-likeness (QED) is 0.552. The summed E-state index contributed by atoms with van der Waals surface area (Å²) >= 11 is 0. The Morgan fingerprint density at radius 2 is 1.85 bits per heavy atom. The standard InChI is InChI=1S/C17H24O3/c1-5-13(4)20-16-10-8-15(9-11-16)14(6-2)12-17(18)19-7-3/h8-13H,5-7H2,1-4H3. The van der Waals surface area contributed by atoms with Gasteiger partial charge in [-0.15, -0.1) is 0 Å². The molecule has 1 aromatic rings. The van der Waals surface area contributed by atoms with Crippen LogP contribution in [-0.2, 0) is 9.53 Å². The van der Waals surface area contributed by atoms with Gasteiger partial charge < -0.3 is 9.47 Å². The lowest BCUT2D eigenvalue weighted by Crippen LogP contribution is -2.09. The molecular formula is C17H24O3. The molecule has 1 atom stereocenters. The van der Waals surface area contributed by atoms with Crippen LogP contribution in [0.15, 0.2) is 30.3 Å². The fourth-order valence-electron chi connectivity index (χ4n) is 1.78. The minimum Gasteiger partial charge on any atom is -0.491 e. The third-order valence-corrected chi connectivity index (χ3v) is 3.10. The van der Waals surface area contributed by atoms with Crippen LogP contribution in [0.4, 0.5) is 0 Å². The largest absolute Gasteiger partial charge is 0.491 e.